The van der Waals surface area contributed by atoms with Crippen LogP contribution in [-0.2, 0) is 0 Å². The molecular weight excluding hydrogens is 354 g/mol. The molecule has 0 spiro atoms. The lowest BCUT2D eigenvalue weighted by atomic mass is 10.1. The van der Waals surface area contributed by atoms with Gasteiger partial charge in [0.2, 0.25) is 11.9 Å². The number of benzene rings is 1. The van der Waals surface area contributed by atoms with Crippen molar-refractivity contribution in [2.75, 3.05) is 42.7 Å². The highest BCUT2D eigenvalue weighted by Crippen LogP contribution is 2.31. The summed E-state index contributed by atoms with van der Waals surface area (Å²) in [6.45, 7) is 6.36. The van der Waals surface area contributed by atoms with Crippen LogP contribution in [0.4, 0.5) is 11.9 Å². The second-order valence-corrected chi connectivity index (χ2v) is 6.34. The van der Waals surface area contributed by atoms with E-state index in [1.807, 2.05) is 13.8 Å². The first-order chi connectivity index (χ1) is 12.7. The molecule has 0 amide bonds. The average molecular weight is 375 g/mol. The monoisotopic (exact) mass is 375 g/mol. The number of carbonyl (C=O) groups is 1. The topological polar surface area (TPSA) is 98.3 Å². The number of anilines is 2. The molecule has 9 heteroatoms. The fourth-order valence-corrected chi connectivity index (χ4v) is 3.05. The summed E-state index contributed by atoms with van der Waals surface area (Å²) in [5.41, 5.74) is 0.578. The van der Waals surface area contributed by atoms with E-state index in [1.165, 1.54) is 11.8 Å². The number of hydrogen-bond donors (Lipinski definition) is 2. The lowest BCUT2D eigenvalue weighted by Crippen LogP contribution is -2.16. The molecule has 8 nitrogen and oxygen atoms in total. The van der Waals surface area contributed by atoms with Crippen LogP contribution in [0.2, 0.25) is 0 Å². The molecule has 0 radical (unpaired) electrons. The Balaban J connectivity index is 1.68. The van der Waals surface area contributed by atoms with E-state index in [1.54, 1.807) is 18.2 Å². The Kier molecular flexibility index (Phi) is 6.11. The van der Waals surface area contributed by atoms with E-state index in [-0.39, 0.29) is 11.5 Å². The molecule has 1 aromatic heterocycles. The van der Waals surface area contributed by atoms with E-state index in [0.717, 1.165) is 0 Å². The molecule has 138 valence electrons. The summed E-state index contributed by atoms with van der Waals surface area (Å²) < 4.78 is 11.0. The first kappa shape index (κ1) is 18.2. The Morgan fingerprint density at radius 2 is 1.69 bits per heavy atom. The SMILES string of the molecule is CCNc1nc(NCC)nc(SCC(=O)c2ccc3c(c2)OCCO3)n1. The Morgan fingerprint density at radius 1 is 1.04 bits per heavy atom. The molecule has 1 aromatic carbocycles. The van der Waals surface area contributed by atoms with Crippen molar-refractivity contribution < 1.29 is 14.3 Å². The molecule has 2 heterocycles. The van der Waals surface area contributed by atoms with Gasteiger partial charge in [0, 0.05) is 18.7 Å². The van der Waals surface area contributed by atoms with Crippen LogP contribution in [0.25, 0.3) is 0 Å². The molecule has 1 aliphatic heterocycles. The van der Waals surface area contributed by atoms with Crippen molar-refractivity contribution in [3.05, 3.63) is 23.8 Å². The number of ether oxygens (including phenoxy) is 2. The van der Waals surface area contributed by atoms with Gasteiger partial charge in [0.05, 0.1) is 5.75 Å². The van der Waals surface area contributed by atoms with Crippen molar-refractivity contribution in [3.63, 3.8) is 0 Å². The summed E-state index contributed by atoms with van der Waals surface area (Å²) in [4.78, 5) is 25.4. The maximum Gasteiger partial charge on any atom is 0.228 e. The first-order valence-electron chi connectivity index (χ1n) is 8.49. The Bertz CT molecular complexity index is 763. The molecule has 1 aliphatic rings. The molecule has 26 heavy (non-hydrogen) atoms. The molecule has 0 atom stereocenters. The van der Waals surface area contributed by atoms with Gasteiger partial charge < -0.3 is 20.1 Å². The van der Waals surface area contributed by atoms with Gasteiger partial charge in [0.15, 0.2) is 22.4 Å². The third kappa shape index (κ3) is 4.54. The quantitative estimate of drug-likeness (QED) is 0.532. The fourth-order valence-electron chi connectivity index (χ4n) is 2.33. The minimum atomic E-state index is -0.0256. The molecule has 3 rings (SSSR count). The van der Waals surface area contributed by atoms with Crippen molar-refractivity contribution in [3.8, 4) is 11.5 Å². The van der Waals surface area contributed by atoms with Crippen molar-refractivity contribution in [1.82, 2.24) is 15.0 Å². The fraction of sp³-hybridized carbons (Fsp3) is 0.412. The zero-order valence-corrected chi connectivity index (χ0v) is 15.6. The van der Waals surface area contributed by atoms with Gasteiger partial charge in [-0.1, -0.05) is 11.8 Å². The number of nitrogens with one attached hydrogen (secondary N) is 2. The Labute approximate surface area is 156 Å². The number of carbonyl (C=O) groups excluding carboxylic acids is 1. The lowest BCUT2D eigenvalue weighted by Gasteiger charge is -2.18. The second kappa shape index (κ2) is 8.70. The van der Waals surface area contributed by atoms with E-state index in [0.29, 0.717) is 60.4 Å². The molecule has 2 N–H and O–H groups in total. The maximum atomic E-state index is 12.5. The van der Waals surface area contributed by atoms with Crippen molar-refractivity contribution in [2.24, 2.45) is 0 Å². The zero-order chi connectivity index (χ0) is 18.4. The van der Waals surface area contributed by atoms with Crippen LogP contribution in [0.3, 0.4) is 0 Å². The number of ketones is 1. The highest BCUT2D eigenvalue weighted by Gasteiger charge is 2.16. The summed E-state index contributed by atoms with van der Waals surface area (Å²) in [6.07, 6.45) is 0. The minimum absolute atomic E-state index is 0.0256. The van der Waals surface area contributed by atoms with Gasteiger partial charge in [0.1, 0.15) is 13.2 Å². The maximum absolute atomic E-state index is 12.5. The standard InChI is InChI=1S/C17H21N5O3S/c1-3-18-15-20-16(19-4-2)22-17(21-15)26-10-12(23)11-5-6-13-14(9-11)25-8-7-24-13/h5-6,9H,3-4,7-8,10H2,1-2H3,(H2,18,19,20,21,22). The van der Waals surface area contributed by atoms with E-state index in [4.69, 9.17) is 9.47 Å². The number of fused-ring (bicyclic) bond motifs is 1. The molecule has 0 saturated heterocycles. The third-order valence-corrected chi connectivity index (χ3v) is 4.33. The molecule has 0 saturated carbocycles. The molecule has 2 aromatic rings. The number of thioether (sulfide) groups is 1. The van der Waals surface area contributed by atoms with Crippen LogP contribution in [-0.4, -0.2) is 52.8 Å². The van der Waals surface area contributed by atoms with Crippen LogP contribution < -0.4 is 20.1 Å². The molecule has 0 bridgehead atoms. The van der Waals surface area contributed by atoms with E-state index >= 15 is 0 Å². The second-order valence-electron chi connectivity index (χ2n) is 5.40. The average Bonchev–Trinajstić information content (AvgIpc) is 2.66. The van der Waals surface area contributed by atoms with Gasteiger partial charge >= 0.3 is 0 Å². The van der Waals surface area contributed by atoms with Gasteiger partial charge in [-0.25, -0.2) is 0 Å². The van der Waals surface area contributed by atoms with E-state index in [2.05, 4.69) is 25.6 Å². The molecule has 0 fully saturated rings. The van der Waals surface area contributed by atoms with Gasteiger partial charge in [0.25, 0.3) is 0 Å². The lowest BCUT2D eigenvalue weighted by molar-refractivity contribution is 0.102. The molecule has 0 unspecified atom stereocenters. The number of rotatable bonds is 8. The normalized spacial score (nSPS) is 12.5. The van der Waals surface area contributed by atoms with Gasteiger partial charge in [-0.05, 0) is 32.0 Å². The summed E-state index contributed by atoms with van der Waals surface area (Å²) in [6, 6.07) is 5.23. The van der Waals surface area contributed by atoms with Crippen molar-refractivity contribution in [1.29, 1.82) is 0 Å². The summed E-state index contributed by atoms with van der Waals surface area (Å²) in [5, 5.41) is 6.64. The predicted molar refractivity (Wildman–Crippen MR) is 101 cm³/mol. The molecule has 0 aliphatic carbocycles. The van der Waals surface area contributed by atoms with Crippen LogP contribution in [0.1, 0.15) is 24.2 Å². The number of nitrogens with zero attached hydrogens (tertiary/aromatic N) is 3. The minimum Gasteiger partial charge on any atom is -0.486 e. The molecular formula is C17H21N5O3S. The third-order valence-electron chi connectivity index (χ3n) is 3.48. The number of aromatic nitrogens is 3. The largest absolute Gasteiger partial charge is 0.486 e. The first-order valence-corrected chi connectivity index (χ1v) is 9.47. The van der Waals surface area contributed by atoms with Crippen LogP contribution in [0.15, 0.2) is 23.4 Å². The number of hydrogen-bond acceptors (Lipinski definition) is 9. The highest BCUT2D eigenvalue weighted by atomic mass is 32.2. The van der Waals surface area contributed by atoms with Gasteiger partial charge in [-0.3, -0.25) is 4.79 Å². The van der Waals surface area contributed by atoms with Crippen LogP contribution >= 0.6 is 11.8 Å². The van der Waals surface area contributed by atoms with Gasteiger partial charge in [-0.2, -0.15) is 15.0 Å². The summed E-state index contributed by atoms with van der Waals surface area (Å²) in [7, 11) is 0. The Morgan fingerprint density at radius 3 is 2.35 bits per heavy atom. The predicted octanol–water partition coefficient (Wildman–Crippen LogP) is 2.48. The summed E-state index contributed by atoms with van der Waals surface area (Å²) in [5.74, 6) is 2.46. The summed E-state index contributed by atoms with van der Waals surface area (Å²) >= 11 is 1.28. The van der Waals surface area contributed by atoms with Gasteiger partial charge in [-0.15, -0.1) is 0 Å². The Hall–Kier alpha value is -2.55. The van der Waals surface area contributed by atoms with Crippen LogP contribution in [0, 0.1) is 0 Å². The van der Waals surface area contributed by atoms with E-state index < -0.39 is 0 Å². The van der Waals surface area contributed by atoms with E-state index in [9.17, 15) is 4.79 Å². The van der Waals surface area contributed by atoms with Crippen molar-refractivity contribution in [2.45, 2.75) is 19.0 Å². The smallest absolute Gasteiger partial charge is 0.228 e. The van der Waals surface area contributed by atoms with Crippen LogP contribution in [0.5, 0.6) is 11.5 Å². The highest BCUT2D eigenvalue weighted by molar-refractivity contribution is 7.99. The zero-order valence-electron chi connectivity index (χ0n) is 14.7. The number of Topliss-reactive ketones (excluding diaryl/α,β-unsaturated/α-hetero) is 1. The van der Waals surface area contributed by atoms with Crippen molar-refractivity contribution >= 4 is 29.4 Å².